The fourth-order valence-corrected chi connectivity index (χ4v) is 3.21. The van der Waals surface area contributed by atoms with Crippen molar-refractivity contribution in [2.24, 2.45) is 0 Å². The summed E-state index contributed by atoms with van der Waals surface area (Å²) in [5.74, 6) is -0.737. The summed E-state index contributed by atoms with van der Waals surface area (Å²) in [6.45, 7) is 4.15. The van der Waals surface area contributed by atoms with Crippen LogP contribution in [0.5, 0.6) is 0 Å². The summed E-state index contributed by atoms with van der Waals surface area (Å²) in [4.78, 5) is 10.8. The summed E-state index contributed by atoms with van der Waals surface area (Å²) < 4.78 is 22.6. The molecule has 0 aliphatic heterocycles. The summed E-state index contributed by atoms with van der Waals surface area (Å²) in [5, 5.41) is 0. The number of rotatable bonds is 7. The van der Waals surface area contributed by atoms with E-state index in [2.05, 4.69) is 0 Å². The Bertz CT molecular complexity index is 434. The highest BCUT2D eigenvalue weighted by molar-refractivity contribution is 7.53. The highest BCUT2D eigenvalue weighted by Gasteiger charge is 2.23. The van der Waals surface area contributed by atoms with Crippen molar-refractivity contribution in [3.63, 3.8) is 0 Å². The minimum atomic E-state index is -3.11. The number of hydrogen-bond acceptors (Lipinski definition) is 4. The smallest absolute Gasteiger partial charge is 0.309 e. The number of carbonyl (C=O) groups is 1. The molecule has 1 aromatic rings. The third kappa shape index (κ3) is 4.26. The first-order valence-corrected chi connectivity index (χ1v) is 7.46. The van der Waals surface area contributed by atoms with Gasteiger partial charge in [0.25, 0.3) is 5.91 Å². The van der Waals surface area contributed by atoms with Crippen LogP contribution in [0.25, 0.3) is 0 Å². The van der Waals surface area contributed by atoms with E-state index in [1.54, 1.807) is 26.0 Å². The monoisotopic (exact) mass is 270 g/mol. The maximum atomic E-state index is 12.3. The van der Waals surface area contributed by atoms with Gasteiger partial charge < -0.3 is 9.05 Å². The van der Waals surface area contributed by atoms with E-state index in [4.69, 9.17) is 14.8 Å². The van der Waals surface area contributed by atoms with Crippen molar-refractivity contribution >= 4 is 13.5 Å². The Morgan fingerprint density at radius 1 is 1.17 bits per heavy atom. The molecule has 1 rings (SSSR count). The van der Waals surface area contributed by atoms with Gasteiger partial charge in [0.2, 0.25) is 0 Å². The molecule has 1 radical (unpaired) electrons. The fourth-order valence-electron chi connectivity index (χ4n) is 1.51. The average molecular weight is 270 g/mol. The van der Waals surface area contributed by atoms with Gasteiger partial charge in [0.15, 0.2) is 0 Å². The molecule has 99 valence electrons. The Morgan fingerprint density at radius 2 is 1.67 bits per heavy atom. The molecule has 6 heteroatoms. The van der Waals surface area contributed by atoms with Crippen molar-refractivity contribution < 1.29 is 18.4 Å². The van der Waals surface area contributed by atoms with Crippen molar-refractivity contribution in [3.05, 3.63) is 35.4 Å². The maximum Gasteiger partial charge on any atom is 0.335 e. The average Bonchev–Trinajstić information content (AvgIpc) is 2.30. The molecular formula is C12H17NO4P. The lowest BCUT2D eigenvalue weighted by Crippen LogP contribution is -2.01. The minimum Gasteiger partial charge on any atom is -0.309 e. The van der Waals surface area contributed by atoms with Crippen LogP contribution in [0.15, 0.2) is 24.3 Å². The lowest BCUT2D eigenvalue weighted by atomic mass is 10.1. The van der Waals surface area contributed by atoms with E-state index in [1.165, 1.54) is 12.1 Å². The molecule has 0 aromatic heterocycles. The molecule has 0 unspecified atom stereocenters. The van der Waals surface area contributed by atoms with Crippen LogP contribution in [0.2, 0.25) is 0 Å². The van der Waals surface area contributed by atoms with Crippen LogP contribution in [0.4, 0.5) is 0 Å². The van der Waals surface area contributed by atoms with Crippen LogP contribution in [0.3, 0.4) is 0 Å². The Labute approximate surface area is 107 Å². The first kappa shape index (κ1) is 14.9. The van der Waals surface area contributed by atoms with Crippen molar-refractivity contribution in [2.75, 3.05) is 13.2 Å². The van der Waals surface area contributed by atoms with Crippen molar-refractivity contribution in [1.29, 1.82) is 0 Å². The number of benzene rings is 1. The molecule has 0 saturated carbocycles. The second-order valence-corrected chi connectivity index (χ2v) is 5.69. The number of carbonyl (C=O) groups excluding carboxylic acids is 1. The van der Waals surface area contributed by atoms with Crippen LogP contribution < -0.4 is 5.73 Å². The van der Waals surface area contributed by atoms with Gasteiger partial charge in [-0.3, -0.25) is 15.1 Å². The van der Waals surface area contributed by atoms with Gasteiger partial charge in [-0.05, 0) is 31.5 Å². The van der Waals surface area contributed by atoms with Gasteiger partial charge in [0.05, 0.1) is 19.4 Å². The molecule has 1 amide bonds. The molecule has 0 heterocycles. The quantitative estimate of drug-likeness (QED) is 0.714. The molecule has 0 aliphatic rings. The summed E-state index contributed by atoms with van der Waals surface area (Å²) in [6, 6.07) is 6.39. The SMILES string of the molecule is CCOP(=O)(Cc1ccc(C([NH])=O)cc1)OCC. The molecule has 1 aromatic carbocycles. The normalized spacial score (nSPS) is 11.4. The summed E-state index contributed by atoms with van der Waals surface area (Å²) in [6.07, 6.45) is 0.168. The Balaban J connectivity index is 2.81. The van der Waals surface area contributed by atoms with E-state index in [0.29, 0.717) is 18.8 Å². The van der Waals surface area contributed by atoms with Crippen molar-refractivity contribution in [1.82, 2.24) is 5.73 Å². The molecule has 0 aliphatic carbocycles. The fraction of sp³-hybridized carbons (Fsp3) is 0.417. The minimum absolute atomic E-state index is 0.168. The predicted molar refractivity (Wildman–Crippen MR) is 68.4 cm³/mol. The Hall–Kier alpha value is -1.16. The van der Waals surface area contributed by atoms with Gasteiger partial charge in [0.1, 0.15) is 0 Å². The summed E-state index contributed by atoms with van der Waals surface area (Å²) in [7, 11) is -3.11. The van der Waals surface area contributed by atoms with E-state index >= 15 is 0 Å². The molecule has 1 N–H and O–H groups in total. The summed E-state index contributed by atoms with van der Waals surface area (Å²) in [5.41, 5.74) is 8.02. The van der Waals surface area contributed by atoms with E-state index in [0.717, 1.165) is 5.56 Å². The number of hydrogen-bond donors (Lipinski definition) is 0. The largest absolute Gasteiger partial charge is 0.335 e. The first-order chi connectivity index (χ1) is 8.50. The van der Waals surface area contributed by atoms with Crippen LogP contribution in [-0.2, 0) is 19.8 Å². The molecule has 0 spiro atoms. The Kier molecular flexibility index (Phi) is 5.54. The van der Waals surface area contributed by atoms with Gasteiger partial charge in [-0.2, -0.15) is 0 Å². The maximum absolute atomic E-state index is 12.3. The van der Waals surface area contributed by atoms with E-state index in [-0.39, 0.29) is 6.16 Å². The standard InChI is InChI=1S/C12H17NO4P/c1-3-16-18(15,17-4-2)9-10-5-7-11(8-6-10)12(13)14/h5-8,13H,3-4,9H2,1-2H3. The predicted octanol–water partition coefficient (Wildman–Crippen LogP) is 2.88. The molecule has 0 saturated heterocycles. The number of nitrogens with one attached hydrogen (secondary N) is 1. The zero-order valence-corrected chi connectivity index (χ0v) is 11.4. The summed E-state index contributed by atoms with van der Waals surface area (Å²) >= 11 is 0. The molecule has 18 heavy (non-hydrogen) atoms. The van der Waals surface area contributed by atoms with Crippen LogP contribution in [0.1, 0.15) is 29.8 Å². The van der Waals surface area contributed by atoms with E-state index < -0.39 is 13.5 Å². The van der Waals surface area contributed by atoms with Crippen molar-refractivity contribution in [2.45, 2.75) is 20.0 Å². The van der Waals surface area contributed by atoms with Crippen LogP contribution >= 0.6 is 7.60 Å². The molecular weight excluding hydrogens is 253 g/mol. The van der Waals surface area contributed by atoms with Crippen molar-refractivity contribution in [3.8, 4) is 0 Å². The molecule has 0 fully saturated rings. The third-order valence-corrected chi connectivity index (χ3v) is 4.30. The number of amides is 1. The second kappa shape index (κ2) is 6.69. The molecule has 5 nitrogen and oxygen atoms in total. The van der Waals surface area contributed by atoms with E-state index in [9.17, 15) is 9.36 Å². The highest BCUT2D eigenvalue weighted by Crippen LogP contribution is 2.51. The van der Waals surface area contributed by atoms with Gasteiger partial charge >= 0.3 is 7.60 Å². The van der Waals surface area contributed by atoms with Gasteiger partial charge in [-0.15, -0.1) is 0 Å². The zero-order chi connectivity index (χ0) is 13.6. The second-order valence-electron chi connectivity index (χ2n) is 3.63. The lowest BCUT2D eigenvalue weighted by molar-refractivity contribution is 0.0992. The molecule has 0 atom stereocenters. The van der Waals surface area contributed by atoms with Crippen LogP contribution in [0, 0.1) is 0 Å². The van der Waals surface area contributed by atoms with Gasteiger partial charge in [-0.25, -0.2) is 0 Å². The zero-order valence-electron chi connectivity index (χ0n) is 10.5. The van der Waals surface area contributed by atoms with E-state index in [1.807, 2.05) is 0 Å². The van der Waals surface area contributed by atoms with Crippen LogP contribution in [-0.4, -0.2) is 19.1 Å². The topological polar surface area (TPSA) is 76.4 Å². The van der Waals surface area contributed by atoms with Gasteiger partial charge in [0, 0.05) is 5.56 Å². The van der Waals surface area contributed by atoms with Gasteiger partial charge in [-0.1, -0.05) is 12.1 Å². The lowest BCUT2D eigenvalue weighted by Gasteiger charge is -2.16. The first-order valence-electron chi connectivity index (χ1n) is 5.73. The molecule has 0 bridgehead atoms. The highest BCUT2D eigenvalue weighted by atomic mass is 31.2. The third-order valence-electron chi connectivity index (χ3n) is 2.24. The Morgan fingerprint density at radius 3 is 2.06 bits per heavy atom.